The van der Waals surface area contributed by atoms with Crippen LogP contribution in [0.25, 0.3) is 15.9 Å². The Labute approximate surface area is 188 Å². The molecule has 2 aromatic heterocycles. The maximum atomic E-state index is 12.9. The summed E-state index contributed by atoms with van der Waals surface area (Å²) in [5.74, 6) is 0.824. The van der Waals surface area contributed by atoms with Crippen LogP contribution in [0, 0.1) is 12.8 Å². The Kier molecular flexibility index (Phi) is 5.48. The minimum absolute atomic E-state index is 0.0709. The van der Waals surface area contributed by atoms with Crippen molar-refractivity contribution < 1.29 is 9.59 Å². The lowest BCUT2D eigenvalue weighted by molar-refractivity contribution is -0.131. The number of carbonyl (C=O) groups is 2. The molecule has 1 amide bonds. The number of amides is 1. The van der Waals surface area contributed by atoms with Crippen LogP contribution in [-0.4, -0.2) is 54.9 Å². The molecule has 5 rings (SSSR count). The monoisotopic (exact) mass is 446 g/mol. The quantitative estimate of drug-likeness (QED) is 0.437. The topological polar surface area (TPSA) is 93.9 Å². The molecule has 0 aliphatic carbocycles. The van der Waals surface area contributed by atoms with Gasteiger partial charge in [-0.15, -0.1) is 16.4 Å². The van der Waals surface area contributed by atoms with Gasteiger partial charge in [0.15, 0.2) is 16.6 Å². The molecule has 0 atom stereocenters. The Balaban J connectivity index is 1.17. The minimum Gasteiger partial charge on any atom is -0.342 e. The number of para-hydroxylation sites is 1. The molecule has 0 unspecified atom stereocenters. The van der Waals surface area contributed by atoms with E-state index in [9.17, 15) is 9.59 Å². The Bertz CT molecular complexity index is 1240. The van der Waals surface area contributed by atoms with Crippen LogP contribution < -0.4 is 0 Å². The molecular formula is C23H22N6O2S. The van der Waals surface area contributed by atoms with Crippen molar-refractivity contribution in [2.24, 2.45) is 5.92 Å². The highest BCUT2D eigenvalue weighted by molar-refractivity contribution is 7.20. The van der Waals surface area contributed by atoms with Gasteiger partial charge in [0.25, 0.3) is 0 Å². The first-order valence-corrected chi connectivity index (χ1v) is 11.4. The van der Waals surface area contributed by atoms with Crippen LogP contribution in [0.2, 0.25) is 0 Å². The summed E-state index contributed by atoms with van der Waals surface area (Å²) in [5, 5.41) is 12.1. The van der Waals surface area contributed by atoms with Crippen molar-refractivity contribution in [1.82, 2.24) is 30.1 Å². The minimum atomic E-state index is -0.0709. The summed E-state index contributed by atoms with van der Waals surface area (Å²) in [6.45, 7) is 3.03. The molecule has 1 fully saturated rings. The second-order valence-corrected chi connectivity index (χ2v) is 9.02. The summed E-state index contributed by atoms with van der Waals surface area (Å²) in [7, 11) is 0. The molecule has 1 saturated heterocycles. The van der Waals surface area contributed by atoms with E-state index in [2.05, 4.69) is 20.5 Å². The molecule has 0 N–H and O–H groups in total. The second kappa shape index (κ2) is 8.58. The molecule has 3 heterocycles. The number of likely N-dealkylation sites (tertiary alicyclic amines) is 1. The van der Waals surface area contributed by atoms with Gasteiger partial charge in [0, 0.05) is 19.0 Å². The Morgan fingerprint density at radius 2 is 1.81 bits per heavy atom. The van der Waals surface area contributed by atoms with Gasteiger partial charge in [-0.3, -0.25) is 9.59 Å². The van der Waals surface area contributed by atoms with E-state index >= 15 is 0 Å². The zero-order valence-electron chi connectivity index (χ0n) is 17.6. The molecule has 32 heavy (non-hydrogen) atoms. The van der Waals surface area contributed by atoms with Gasteiger partial charge in [-0.05, 0) is 60.0 Å². The van der Waals surface area contributed by atoms with E-state index in [-0.39, 0.29) is 17.6 Å². The van der Waals surface area contributed by atoms with Gasteiger partial charge in [-0.25, -0.2) is 4.98 Å². The van der Waals surface area contributed by atoms with Crippen molar-refractivity contribution in [2.75, 3.05) is 13.1 Å². The largest absolute Gasteiger partial charge is 0.342 e. The molecule has 0 spiro atoms. The third-order valence-electron chi connectivity index (χ3n) is 5.88. The number of piperidine rings is 1. The normalized spacial score (nSPS) is 14.7. The fourth-order valence-electron chi connectivity index (χ4n) is 4.06. The van der Waals surface area contributed by atoms with E-state index in [1.807, 2.05) is 60.4 Å². The van der Waals surface area contributed by atoms with Crippen LogP contribution in [-0.2, 0) is 11.2 Å². The number of tetrazole rings is 1. The lowest BCUT2D eigenvalue weighted by atomic mass is 9.92. The van der Waals surface area contributed by atoms with E-state index in [0.29, 0.717) is 43.2 Å². The van der Waals surface area contributed by atoms with Gasteiger partial charge in [0.2, 0.25) is 5.91 Å². The number of hydrogen-bond donors (Lipinski definition) is 0. The van der Waals surface area contributed by atoms with Crippen LogP contribution in [0.5, 0.6) is 0 Å². The molecule has 1 aliphatic rings. The molecule has 0 saturated carbocycles. The zero-order valence-corrected chi connectivity index (χ0v) is 18.5. The van der Waals surface area contributed by atoms with E-state index in [1.165, 1.54) is 11.3 Å². The number of hydrogen-bond acceptors (Lipinski definition) is 7. The van der Waals surface area contributed by atoms with Crippen molar-refractivity contribution in [1.29, 1.82) is 0 Å². The number of thiazole rings is 1. The van der Waals surface area contributed by atoms with Crippen LogP contribution in [0.15, 0.2) is 48.5 Å². The standard InChI is InChI=1S/C23H22N6O2S/c1-15-25-26-27-29(15)18-8-6-16(7-9-18)14-21(30)28-12-10-17(11-13-28)22(31)23-24-19-4-2-3-5-20(19)32-23/h2-9,17H,10-14H2,1H3. The number of nitrogens with zero attached hydrogens (tertiary/aromatic N) is 6. The Morgan fingerprint density at radius 3 is 2.50 bits per heavy atom. The smallest absolute Gasteiger partial charge is 0.226 e. The molecule has 1 aliphatic heterocycles. The zero-order chi connectivity index (χ0) is 22.1. The Morgan fingerprint density at radius 1 is 1.06 bits per heavy atom. The van der Waals surface area contributed by atoms with Crippen molar-refractivity contribution in [2.45, 2.75) is 26.2 Å². The fourth-order valence-corrected chi connectivity index (χ4v) is 5.04. The second-order valence-electron chi connectivity index (χ2n) is 7.99. The third kappa shape index (κ3) is 4.03. The Hall–Kier alpha value is -3.46. The highest BCUT2D eigenvalue weighted by Crippen LogP contribution is 2.28. The lowest BCUT2D eigenvalue weighted by Gasteiger charge is -2.31. The van der Waals surface area contributed by atoms with Crippen LogP contribution in [0.3, 0.4) is 0 Å². The van der Waals surface area contributed by atoms with Gasteiger partial charge in [0.05, 0.1) is 22.3 Å². The van der Waals surface area contributed by atoms with E-state index in [4.69, 9.17) is 0 Å². The first-order valence-electron chi connectivity index (χ1n) is 10.6. The fraction of sp³-hybridized carbons (Fsp3) is 0.304. The van der Waals surface area contributed by atoms with Gasteiger partial charge in [-0.2, -0.15) is 4.68 Å². The number of aromatic nitrogens is 5. The summed E-state index contributed by atoms with van der Waals surface area (Å²) in [4.78, 5) is 32.1. The first-order chi connectivity index (χ1) is 15.6. The predicted octanol–water partition coefficient (Wildman–Crippen LogP) is 3.24. The number of Topliss-reactive ketones (excluding diaryl/α,β-unsaturated/α-hetero) is 1. The highest BCUT2D eigenvalue weighted by atomic mass is 32.1. The van der Waals surface area contributed by atoms with Gasteiger partial charge in [0.1, 0.15) is 0 Å². The number of carbonyl (C=O) groups excluding carboxylic acids is 2. The summed E-state index contributed by atoms with van der Waals surface area (Å²) in [6.07, 6.45) is 1.70. The summed E-state index contributed by atoms with van der Waals surface area (Å²) >= 11 is 1.45. The predicted molar refractivity (Wildman–Crippen MR) is 121 cm³/mol. The van der Waals surface area contributed by atoms with Crippen LogP contribution >= 0.6 is 11.3 Å². The summed E-state index contributed by atoms with van der Waals surface area (Å²) in [6, 6.07) is 15.5. The molecule has 0 bridgehead atoms. The molecule has 4 aromatic rings. The van der Waals surface area contributed by atoms with Gasteiger partial charge < -0.3 is 4.90 Å². The average Bonchev–Trinajstić information content (AvgIpc) is 3.45. The molecule has 162 valence electrons. The SMILES string of the molecule is Cc1nnnn1-c1ccc(CC(=O)N2CCC(C(=O)c3nc4ccccc4s3)CC2)cc1. The number of fused-ring (bicyclic) bond motifs is 1. The maximum absolute atomic E-state index is 12.9. The average molecular weight is 447 g/mol. The number of rotatable bonds is 5. The number of ketones is 1. The summed E-state index contributed by atoms with van der Waals surface area (Å²) < 4.78 is 2.68. The molecular weight excluding hydrogens is 424 g/mol. The van der Waals surface area contributed by atoms with Gasteiger partial charge in [-0.1, -0.05) is 24.3 Å². The van der Waals surface area contributed by atoms with E-state index in [0.717, 1.165) is 21.5 Å². The third-order valence-corrected chi connectivity index (χ3v) is 6.94. The number of aryl methyl sites for hydroxylation is 1. The highest BCUT2D eigenvalue weighted by Gasteiger charge is 2.29. The molecule has 0 radical (unpaired) electrons. The molecule has 2 aromatic carbocycles. The van der Waals surface area contributed by atoms with E-state index < -0.39 is 0 Å². The lowest BCUT2D eigenvalue weighted by Crippen LogP contribution is -2.41. The van der Waals surface area contributed by atoms with Crippen molar-refractivity contribution >= 4 is 33.2 Å². The van der Waals surface area contributed by atoms with Crippen molar-refractivity contribution in [3.05, 3.63) is 64.9 Å². The van der Waals surface area contributed by atoms with Crippen LogP contribution in [0.1, 0.15) is 34.0 Å². The van der Waals surface area contributed by atoms with Crippen molar-refractivity contribution in [3.63, 3.8) is 0 Å². The maximum Gasteiger partial charge on any atom is 0.226 e. The summed E-state index contributed by atoms with van der Waals surface area (Å²) in [5.41, 5.74) is 2.67. The molecule has 9 heteroatoms. The van der Waals surface area contributed by atoms with Crippen LogP contribution in [0.4, 0.5) is 0 Å². The van der Waals surface area contributed by atoms with Crippen molar-refractivity contribution in [3.8, 4) is 5.69 Å². The van der Waals surface area contributed by atoms with Gasteiger partial charge >= 0.3 is 0 Å². The number of benzene rings is 2. The first kappa shape index (κ1) is 20.4. The van der Waals surface area contributed by atoms with E-state index in [1.54, 1.807) is 4.68 Å². The molecule has 8 nitrogen and oxygen atoms in total.